The third-order valence-electron chi connectivity index (χ3n) is 8.32. The quantitative estimate of drug-likeness (QED) is 0.326. The lowest BCUT2D eigenvalue weighted by Gasteiger charge is -2.25. The highest BCUT2D eigenvalue weighted by Gasteiger charge is 2.34. The van der Waals surface area contributed by atoms with Crippen LogP contribution in [0.25, 0.3) is 11.1 Å². The van der Waals surface area contributed by atoms with E-state index in [1.807, 2.05) is 43.3 Å². The van der Waals surface area contributed by atoms with Gasteiger partial charge in [-0.25, -0.2) is 13.2 Å². The van der Waals surface area contributed by atoms with Crippen LogP contribution in [0.4, 0.5) is 0 Å². The largest absolute Gasteiger partial charge is 0.480 e. The van der Waals surface area contributed by atoms with Gasteiger partial charge in [-0.2, -0.15) is 11.8 Å². The molecule has 10 heteroatoms. The highest BCUT2D eigenvalue weighted by atomic mass is 32.2. The number of thioether (sulfide) groups is 1. The van der Waals surface area contributed by atoms with Crippen molar-refractivity contribution in [1.29, 1.82) is 0 Å². The summed E-state index contributed by atoms with van der Waals surface area (Å²) >= 11 is 2.16. The summed E-state index contributed by atoms with van der Waals surface area (Å²) in [6, 6.07) is 12.6. The molecular weight excluding hydrogens is 572 g/mol. The summed E-state index contributed by atoms with van der Waals surface area (Å²) in [7, 11) is -1.62. The van der Waals surface area contributed by atoms with Crippen LogP contribution in [0, 0.1) is 6.92 Å². The van der Waals surface area contributed by atoms with E-state index in [-0.39, 0.29) is 12.2 Å². The SMILES string of the molecule is COC[C@H]1C[C@@H](SC2CCCCC2)CN1Cc1ccc(C(=O)N[C@@H](CCS(C)(=O)=O)C(=O)O)c(-c2ccccc2C)c1. The van der Waals surface area contributed by atoms with Gasteiger partial charge >= 0.3 is 5.97 Å². The number of carbonyl (C=O) groups excluding carboxylic acids is 1. The fraction of sp³-hybridized carbons (Fsp3) is 0.562. The van der Waals surface area contributed by atoms with Crippen LogP contribution in [0.3, 0.4) is 0 Å². The zero-order valence-corrected chi connectivity index (χ0v) is 26.5. The molecule has 1 aliphatic heterocycles. The summed E-state index contributed by atoms with van der Waals surface area (Å²) in [4.78, 5) is 27.8. The molecule has 1 amide bonds. The average molecular weight is 617 g/mol. The molecule has 2 aromatic rings. The summed E-state index contributed by atoms with van der Waals surface area (Å²) in [6.07, 6.45) is 8.61. The highest BCUT2D eigenvalue weighted by molar-refractivity contribution is 8.00. The normalized spacial score (nSPS) is 20.8. The molecule has 8 nitrogen and oxygen atoms in total. The molecule has 2 N–H and O–H groups in total. The molecule has 42 heavy (non-hydrogen) atoms. The van der Waals surface area contributed by atoms with Gasteiger partial charge in [-0.1, -0.05) is 49.6 Å². The smallest absolute Gasteiger partial charge is 0.326 e. The summed E-state index contributed by atoms with van der Waals surface area (Å²) in [5.74, 6) is -2.13. The standard InChI is InChI=1S/C32H44N2O6S2/c1-22-9-7-8-12-27(22)29-17-23(13-14-28(29)31(35)33-30(32(36)37)15-16-42(3,38)39)19-34-20-26(18-24(34)21-40-2)41-25-10-5-4-6-11-25/h7-9,12-14,17,24-26,30H,4-6,10-11,15-16,18-21H2,1-3H3,(H,33,35)(H,36,37)/t24-,26-,30+/m1/s1. The first-order valence-electron chi connectivity index (χ1n) is 14.8. The number of hydrogen-bond donors (Lipinski definition) is 2. The van der Waals surface area contributed by atoms with Gasteiger partial charge < -0.3 is 15.2 Å². The Labute approximate surface area is 254 Å². The maximum Gasteiger partial charge on any atom is 0.326 e. The van der Waals surface area contributed by atoms with Gasteiger partial charge in [0.25, 0.3) is 5.91 Å². The third-order valence-corrected chi connectivity index (χ3v) is 10.9. The molecular formula is C32H44N2O6S2. The van der Waals surface area contributed by atoms with Gasteiger partial charge in [0, 0.05) is 48.6 Å². The summed E-state index contributed by atoms with van der Waals surface area (Å²) in [6.45, 7) is 4.38. The Morgan fingerprint density at radius 3 is 2.50 bits per heavy atom. The second-order valence-corrected chi connectivity index (χ2v) is 15.6. The molecule has 1 aliphatic carbocycles. The average Bonchev–Trinajstić information content (AvgIpc) is 3.31. The highest BCUT2D eigenvalue weighted by Crippen LogP contribution is 2.37. The molecule has 2 aliphatic rings. The number of benzene rings is 2. The minimum absolute atomic E-state index is 0.201. The van der Waals surface area contributed by atoms with Gasteiger partial charge in [0.2, 0.25) is 0 Å². The number of rotatable bonds is 13. The van der Waals surface area contributed by atoms with Gasteiger partial charge in [0.1, 0.15) is 15.9 Å². The topological polar surface area (TPSA) is 113 Å². The number of nitrogens with zero attached hydrogens (tertiary/aromatic N) is 1. The van der Waals surface area contributed by atoms with Crippen molar-refractivity contribution in [2.24, 2.45) is 0 Å². The van der Waals surface area contributed by atoms with E-state index in [4.69, 9.17) is 4.74 Å². The fourth-order valence-corrected chi connectivity index (χ4v) is 8.54. The third kappa shape index (κ3) is 9.05. The lowest BCUT2D eigenvalue weighted by atomic mass is 9.93. The van der Waals surface area contributed by atoms with Crippen molar-refractivity contribution >= 4 is 33.5 Å². The number of aryl methyl sites for hydroxylation is 1. The Morgan fingerprint density at radius 2 is 1.83 bits per heavy atom. The van der Waals surface area contributed by atoms with Crippen LogP contribution in [-0.4, -0.2) is 85.2 Å². The molecule has 2 aromatic carbocycles. The van der Waals surface area contributed by atoms with E-state index in [0.717, 1.165) is 53.3 Å². The molecule has 0 radical (unpaired) electrons. The van der Waals surface area contributed by atoms with Gasteiger partial charge in [0.05, 0.1) is 12.4 Å². The number of carboxylic acids is 1. The number of nitrogens with one attached hydrogen (secondary N) is 1. The first-order chi connectivity index (χ1) is 20.0. The predicted molar refractivity (Wildman–Crippen MR) is 169 cm³/mol. The molecule has 3 atom stereocenters. The maximum absolute atomic E-state index is 13.5. The Bertz CT molecular complexity index is 1340. The van der Waals surface area contributed by atoms with Crippen LogP contribution < -0.4 is 5.32 Å². The van der Waals surface area contributed by atoms with Crippen LogP contribution in [0.15, 0.2) is 42.5 Å². The summed E-state index contributed by atoms with van der Waals surface area (Å²) in [5.41, 5.74) is 4.05. The first kappa shape index (κ1) is 32.5. The van der Waals surface area contributed by atoms with E-state index in [9.17, 15) is 23.1 Å². The van der Waals surface area contributed by atoms with Crippen LogP contribution in [-0.2, 0) is 25.9 Å². The van der Waals surface area contributed by atoms with Crippen molar-refractivity contribution in [3.05, 3.63) is 59.2 Å². The van der Waals surface area contributed by atoms with Crippen LogP contribution in [0.5, 0.6) is 0 Å². The number of aliphatic carboxylic acids is 1. The minimum atomic E-state index is -3.38. The van der Waals surface area contributed by atoms with Gasteiger partial charge in [-0.3, -0.25) is 9.69 Å². The van der Waals surface area contributed by atoms with Crippen LogP contribution in [0.2, 0.25) is 0 Å². The Hall–Kier alpha value is -2.40. The molecule has 2 fully saturated rings. The number of ether oxygens (including phenoxy) is 1. The number of carbonyl (C=O) groups is 2. The number of amides is 1. The molecule has 0 unspecified atom stereocenters. The Morgan fingerprint density at radius 1 is 1.10 bits per heavy atom. The van der Waals surface area contributed by atoms with Crippen LogP contribution in [0.1, 0.15) is 66.4 Å². The number of methoxy groups -OCH3 is 1. The fourth-order valence-electron chi connectivity index (χ4n) is 6.11. The molecule has 0 bridgehead atoms. The van der Waals surface area contributed by atoms with Gasteiger partial charge in [-0.15, -0.1) is 0 Å². The van der Waals surface area contributed by atoms with E-state index in [0.29, 0.717) is 23.5 Å². The number of hydrogen-bond acceptors (Lipinski definition) is 7. The lowest BCUT2D eigenvalue weighted by molar-refractivity contribution is -0.139. The van der Waals surface area contributed by atoms with E-state index in [2.05, 4.69) is 22.0 Å². The van der Waals surface area contributed by atoms with Crippen molar-refractivity contribution < 1.29 is 27.9 Å². The van der Waals surface area contributed by atoms with E-state index in [1.165, 1.54) is 32.1 Å². The molecule has 0 aromatic heterocycles. The molecule has 1 saturated carbocycles. The van der Waals surface area contributed by atoms with Crippen molar-refractivity contribution in [3.63, 3.8) is 0 Å². The Kier molecular flexibility index (Phi) is 11.5. The first-order valence-corrected chi connectivity index (χ1v) is 17.8. The molecule has 230 valence electrons. The molecule has 1 saturated heterocycles. The van der Waals surface area contributed by atoms with Crippen molar-refractivity contribution in [2.75, 3.05) is 32.3 Å². The van der Waals surface area contributed by atoms with E-state index >= 15 is 0 Å². The molecule has 0 spiro atoms. The summed E-state index contributed by atoms with van der Waals surface area (Å²) < 4.78 is 28.9. The monoisotopic (exact) mass is 616 g/mol. The van der Waals surface area contributed by atoms with Crippen LogP contribution >= 0.6 is 11.8 Å². The van der Waals surface area contributed by atoms with E-state index in [1.54, 1.807) is 13.2 Å². The maximum atomic E-state index is 13.5. The zero-order chi connectivity index (χ0) is 30.3. The predicted octanol–water partition coefficient (Wildman–Crippen LogP) is 4.93. The van der Waals surface area contributed by atoms with Crippen molar-refractivity contribution in [2.45, 2.75) is 81.0 Å². The number of carboxylic acid groups (broad SMARTS) is 1. The molecule has 1 heterocycles. The van der Waals surface area contributed by atoms with Crippen molar-refractivity contribution in [1.82, 2.24) is 10.2 Å². The lowest BCUT2D eigenvalue weighted by Crippen LogP contribution is -2.42. The second kappa shape index (κ2) is 14.9. The van der Waals surface area contributed by atoms with Crippen molar-refractivity contribution in [3.8, 4) is 11.1 Å². The van der Waals surface area contributed by atoms with Gasteiger partial charge in [-0.05, 0) is 67.0 Å². The van der Waals surface area contributed by atoms with Gasteiger partial charge in [0.15, 0.2) is 0 Å². The zero-order valence-electron chi connectivity index (χ0n) is 24.9. The minimum Gasteiger partial charge on any atom is -0.480 e. The summed E-state index contributed by atoms with van der Waals surface area (Å²) in [5, 5.41) is 13.6. The molecule has 4 rings (SSSR count). The Balaban J connectivity index is 1.57. The van der Waals surface area contributed by atoms with E-state index < -0.39 is 27.8 Å². The number of sulfone groups is 1. The number of likely N-dealkylation sites (tertiary alicyclic amines) is 1. The second-order valence-electron chi connectivity index (χ2n) is 11.8.